The SMILES string of the molecule is Cl.Cl.Nc1ncccc1[C@H](CC1CC1)N1CCNCC1. The lowest BCUT2D eigenvalue weighted by Crippen LogP contribution is -2.45. The monoisotopic (exact) mass is 318 g/mol. The first kappa shape index (κ1) is 17.5. The molecule has 3 rings (SSSR count). The lowest BCUT2D eigenvalue weighted by molar-refractivity contribution is 0.161. The Morgan fingerprint density at radius 3 is 2.60 bits per heavy atom. The number of nitrogens with two attached hydrogens (primary N) is 1. The smallest absolute Gasteiger partial charge is 0.128 e. The topological polar surface area (TPSA) is 54.2 Å². The zero-order valence-electron chi connectivity index (χ0n) is 11.6. The van der Waals surface area contributed by atoms with E-state index in [1.165, 1.54) is 24.8 Å². The first-order valence-electron chi connectivity index (χ1n) is 7.00. The molecular formula is C14H24Cl2N4. The van der Waals surface area contributed by atoms with Crippen molar-refractivity contribution in [3.05, 3.63) is 23.9 Å². The van der Waals surface area contributed by atoms with Gasteiger partial charge in [-0.25, -0.2) is 4.98 Å². The molecule has 0 amide bonds. The quantitative estimate of drug-likeness (QED) is 0.894. The van der Waals surface area contributed by atoms with Gasteiger partial charge in [0, 0.05) is 44.0 Å². The average molecular weight is 319 g/mol. The molecule has 1 aromatic heterocycles. The minimum Gasteiger partial charge on any atom is -0.383 e. The number of hydrogen-bond donors (Lipinski definition) is 2. The van der Waals surface area contributed by atoms with Gasteiger partial charge in [-0.15, -0.1) is 24.8 Å². The third-order valence-electron chi connectivity index (χ3n) is 4.08. The second-order valence-corrected chi connectivity index (χ2v) is 5.46. The van der Waals surface area contributed by atoms with Crippen molar-refractivity contribution in [1.82, 2.24) is 15.2 Å². The van der Waals surface area contributed by atoms with Crippen LogP contribution in [0.2, 0.25) is 0 Å². The molecule has 0 radical (unpaired) electrons. The van der Waals surface area contributed by atoms with Crippen LogP contribution >= 0.6 is 24.8 Å². The van der Waals surface area contributed by atoms with Crippen molar-refractivity contribution < 1.29 is 0 Å². The Morgan fingerprint density at radius 2 is 2.00 bits per heavy atom. The average Bonchev–Trinajstić information content (AvgIpc) is 3.22. The second-order valence-electron chi connectivity index (χ2n) is 5.46. The molecule has 1 aliphatic carbocycles. The molecule has 1 saturated carbocycles. The minimum absolute atomic E-state index is 0. The highest BCUT2D eigenvalue weighted by Gasteiger charge is 2.31. The molecule has 1 aromatic rings. The van der Waals surface area contributed by atoms with E-state index in [0.717, 1.165) is 32.1 Å². The molecule has 1 atom stereocenters. The van der Waals surface area contributed by atoms with Gasteiger partial charge < -0.3 is 11.1 Å². The molecule has 2 heterocycles. The fourth-order valence-electron chi connectivity index (χ4n) is 2.85. The van der Waals surface area contributed by atoms with Crippen molar-refractivity contribution in [1.29, 1.82) is 0 Å². The van der Waals surface area contributed by atoms with Gasteiger partial charge in [-0.3, -0.25) is 4.90 Å². The summed E-state index contributed by atoms with van der Waals surface area (Å²) in [7, 11) is 0. The number of halogens is 2. The molecule has 20 heavy (non-hydrogen) atoms. The Balaban J connectivity index is 0.000001000. The molecule has 2 fully saturated rings. The zero-order valence-corrected chi connectivity index (χ0v) is 13.3. The molecule has 0 spiro atoms. The van der Waals surface area contributed by atoms with E-state index in [1.54, 1.807) is 6.20 Å². The Labute approximate surface area is 133 Å². The number of hydrogen-bond acceptors (Lipinski definition) is 4. The minimum atomic E-state index is 0. The molecule has 2 aliphatic rings. The number of anilines is 1. The van der Waals surface area contributed by atoms with E-state index in [0.29, 0.717) is 11.9 Å². The molecule has 1 saturated heterocycles. The van der Waals surface area contributed by atoms with Crippen LogP contribution in [-0.4, -0.2) is 36.1 Å². The van der Waals surface area contributed by atoms with Crippen LogP contribution in [0, 0.1) is 5.92 Å². The van der Waals surface area contributed by atoms with Crippen LogP contribution < -0.4 is 11.1 Å². The second kappa shape index (κ2) is 8.03. The number of nitrogens with one attached hydrogen (secondary N) is 1. The standard InChI is InChI=1S/C14H22N4.2ClH/c15-14-12(2-1-5-17-14)13(10-11-3-4-11)18-8-6-16-7-9-18;;/h1-2,5,11,13,16H,3-4,6-10H2,(H2,15,17);2*1H/t13-;;/m0../s1. The van der Waals surface area contributed by atoms with Crippen LogP contribution in [0.1, 0.15) is 30.9 Å². The van der Waals surface area contributed by atoms with Crippen LogP contribution in [0.15, 0.2) is 18.3 Å². The number of rotatable bonds is 4. The predicted octanol–water partition coefficient (Wildman–Crippen LogP) is 2.25. The van der Waals surface area contributed by atoms with Gasteiger partial charge in [0.2, 0.25) is 0 Å². The molecule has 3 N–H and O–H groups in total. The fraction of sp³-hybridized carbons (Fsp3) is 0.643. The Kier molecular flexibility index (Phi) is 7.03. The van der Waals surface area contributed by atoms with E-state index < -0.39 is 0 Å². The van der Waals surface area contributed by atoms with E-state index in [1.807, 2.05) is 6.07 Å². The van der Waals surface area contributed by atoms with Gasteiger partial charge in [0.05, 0.1) is 0 Å². The number of nitrogens with zero attached hydrogens (tertiary/aromatic N) is 2. The first-order valence-corrected chi connectivity index (χ1v) is 7.00. The molecule has 1 aliphatic heterocycles. The van der Waals surface area contributed by atoms with Gasteiger partial charge in [-0.05, 0) is 18.4 Å². The molecule has 0 aromatic carbocycles. The van der Waals surface area contributed by atoms with E-state index >= 15 is 0 Å². The number of aromatic nitrogens is 1. The van der Waals surface area contributed by atoms with E-state index in [2.05, 4.69) is 21.3 Å². The van der Waals surface area contributed by atoms with Crippen molar-refractivity contribution in [3.8, 4) is 0 Å². The number of nitrogen functional groups attached to an aromatic ring is 1. The molecule has 0 bridgehead atoms. The van der Waals surface area contributed by atoms with E-state index in [-0.39, 0.29) is 24.8 Å². The molecule has 0 unspecified atom stereocenters. The van der Waals surface area contributed by atoms with Gasteiger partial charge in [-0.2, -0.15) is 0 Å². The number of pyridine rings is 1. The van der Waals surface area contributed by atoms with Gasteiger partial charge in [-0.1, -0.05) is 18.9 Å². The van der Waals surface area contributed by atoms with Crippen molar-refractivity contribution >= 4 is 30.6 Å². The summed E-state index contributed by atoms with van der Waals surface area (Å²) in [6.45, 7) is 4.40. The lowest BCUT2D eigenvalue weighted by atomic mass is 9.99. The summed E-state index contributed by atoms with van der Waals surface area (Å²) in [5.74, 6) is 1.62. The summed E-state index contributed by atoms with van der Waals surface area (Å²) in [4.78, 5) is 6.83. The van der Waals surface area contributed by atoms with Crippen molar-refractivity contribution in [2.45, 2.75) is 25.3 Å². The maximum atomic E-state index is 6.07. The summed E-state index contributed by atoms with van der Waals surface area (Å²) in [6, 6.07) is 4.62. The summed E-state index contributed by atoms with van der Waals surface area (Å²) in [6.07, 6.45) is 5.81. The van der Waals surface area contributed by atoms with Crippen LogP contribution in [0.4, 0.5) is 5.82 Å². The maximum Gasteiger partial charge on any atom is 0.128 e. The maximum absolute atomic E-state index is 6.07. The van der Waals surface area contributed by atoms with Crippen LogP contribution in [0.5, 0.6) is 0 Å². The normalized spacial score (nSPS) is 20.6. The van der Waals surface area contributed by atoms with Gasteiger partial charge in [0.15, 0.2) is 0 Å². The van der Waals surface area contributed by atoms with Crippen LogP contribution in [0.25, 0.3) is 0 Å². The molecule has 4 nitrogen and oxygen atoms in total. The highest BCUT2D eigenvalue weighted by Crippen LogP contribution is 2.41. The zero-order chi connectivity index (χ0) is 12.4. The Morgan fingerprint density at radius 1 is 1.30 bits per heavy atom. The van der Waals surface area contributed by atoms with Crippen molar-refractivity contribution in [2.75, 3.05) is 31.9 Å². The Hall–Kier alpha value is -0.550. The first-order chi connectivity index (χ1) is 8.84. The van der Waals surface area contributed by atoms with E-state index in [9.17, 15) is 0 Å². The summed E-state index contributed by atoms with van der Waals surface area (Å²) < 4.78 is 0. The summed E-state index contributed by atoms with van der Waals surface area (Å²) >= 11 is 0. The van der Waals surface area contributed by atoms with Gasteiger partial charge in [0.1, 0.15) is 5.82 Å². The number of piperazine rings is 1. The van der Waals surface area contributed by atoms with E-state index in [4.69, 9.17) is 5.73 Å². The van der Waals surface area contributed by atoms with Crippen molar-refractivity contribution in [2.24, 2.45) is 5.92 Å². The summed E-state index contributed by atoms with van der Waals surface area (Å²) in [5.41, 5.74) is 7.30. The Bertz CT molecular complexity index is 406. The fourth-order valence-corrected chi connectivity index (χ4v) is 2.85. The highest BCUT2D eigenvalue weighted by atomic mass is 35.5. The molecular weight excluding hydrogens is 295 g/mol. The summed E-state index contributed by atoms with van der Waals surface area (Å²) in [5, 5.41) is 3.42. The highest BCUT2D eigenvalue weighted by molar-refractivity contribution is 5.85. The lowest BCUT2D eigenvalue weighted by Gasteiger charge is -2.35. The van der Waals surface area contributed by atoms with Gasteiger partial charge in [0.25, 0.3) is 0 Å². The van der Waals surface area contributed by atoms with Crippen molar-refractivity contribution in [3.63, 3.8) is 0 Å². The van der Waals surface area contributed by atoms with Gasteiger partial charge >= 0.3 is 0 Å². The third-order valence-corrected chi connectivity index (χ3v) is 4.08. The predicted molar refractivity (Wildman–Crippen MR) is 87.7 cm³/mol. The molecule has 114 valence electrons. The third kappa shape index (κ3) is 4.22. The van der Waals surface area contributed by atoms with Crippen LogP contribution in [0.3, 0.4) is 0 Å². The molecule has 6 heteroatoms. The largest absolute Gasteiger partial charge is 0.383 e. The van der Waals surface area contributed by atoms with Crippen LogP contribution in [-0.2, 0) is 0 Å².